The summed E-state index contributed by atoms with van der Waals surface area (Å²) in [5.74, 6) is -0.511. The lowest BCUT2D eigenvalue weighted by Gasteiger charge is -2.23. The van der Waals surface area contributed by atoms with E-state index in [0.29, 0.717) is 6.42 Å². The number of rotatable bonds is 6. The van der Waals surface area contributed by atoms with Crippen LogP contribution in [0.3, 0.4) is 0 Å². The van der Waals surface area contributed by atoms with Crippen LogP contribution in [0.15, 0.2) is 35.2 Å². The highest BCUT2D eigenvalue weighted by Gasteiger charge is 2.27. The van der Waals surface area contributed by atoms with Crippen molar-refractivity contribution in [3.05, 3.63) is 30.3 Å². The van der Waals surface area contributed by atoms with Gasteiger partial charge in [0.15, 0.2) is 0 Å². The number of nitrogens with one attached hydrogen (secondary N) is 1. The third-order valence-electron chi connectivity index (χ3n) is 3.19. The molecule has 0 saturated carbocycles. The van der Waals surface area contributed by atoms with Crippen LogP contribution >= 0.6 is 0 Å². The fourth-order valence-corrected chi connectivity index (χ4v) is 2.75. The molecule has 0 aliphatic rings. The van der Waals surface area contributed by atoms with Gasteiger partial charge in [-0.2, -0.15) is 9.57 Å². The van der Waals surface area contributed by atoms with Gasteiger partial charge in [-0.25, -0.2) is 8.42 Å². The third kappa shape index (κ3) is 4.28. The van der Waals surface area contributed by atoms with Crippen molar-refractivity contribution >= 4 is 15.9 Å². The Morgan fingerprint density at radius 2 is 1.95 bits per heavy atom. The summed E-state index contributed by atoms with van der Waals surface area (Å²) in [6.07, 6.45) is 0.435. The minimum Gasteiger partial charge on any atom is -0.337 e. The van der Waals surface area contributed by atoms with E-state index in [9.17, 15) is 13.2 Å². The number of sulfonamides is 1. The van der Waals surface area contributed by atoms with E-state index in [0.717, 1.165) is 4.31 Å². The Kier molecular flexibility index (Phi) is 5.47. The molecule has 1 amide bonds. The fourth-order valence-electron chi connectivity index (χ4n) is 1.60. The van der Waals surface area contributed by atoms with Crippen LogP contribution in [0.4, 0.5) is 0 Å². The molecule has 0 saturated heterocycles. The van der Waals surface area contributed by atoms with Crippen LogP contribution in [0, 0.1) is 11.3 Å². The first-order valence-electron chi connectivity index (χ1n) is 6.49. The predicted octanol–water partition coefficient (Wildman–Crippen LogP) is 1.12. The maximum absolute atomic E-state index is 12.3. The summed E-state index contributed by atoms with van der Waals surface area (Å²) >= 11 is 0. The number of likely N-dealkylation sites (N-methyl/N-ethyl adjacent to an activating group) is 1. The largest absolute Gasteiger partial charge is 0.337 e. The van der Waals surface area contributed by atoms with Crippen LogP contribution < -0.4 is 5.32 Å². The minimum atomic E-state index is -3.71. The molecule has 1 N–H and O–H groups in total. The highest BCUT2D eigenvalue weighted by Crippen LogP contribution is 2.13. The zero-order valence-corrected chi connectivity index (χ0v) is 13.1. The number of nitriles is 1. The second-order valence-electron chi connectivity index (χ2n) is 4.92. The lowest BCUT2D eigenvalue weighted by Crippen LogP contribution is -2.48. The van der Waals surface area contributed by atoms with Gasteiger partial charge in [-0.3, -0.25) is 4.79 Å². The van der Waals surface area contributed by atoms with E-state index in [4.69, 9.17) is 5.26 Å². The van der Waals surface area contributed by atoms with Crippen LogP contribution in [0.25, 0.3) is 0 Å². The first kappa shape index (κ1) is 17.1. The molecular weight excluding hydrogens is 290 g/mol. The second kappa shape index (κ2) is 6.70. The molecule has 6 nitrogen and oxygen atoms in total. The third-order valence-corrected chi connectivity index (χ3v) is 5.00. The molecule has 1 atom stereocenters. The second-order valence-corrected chi connectivity index (χ2v) is 6.96. The topological polar surface area (TPSA) is 90.3 Å². The van der Waals surface area contributed by atoms with Crippen molar-refractivity contribution in [2.75, 3.05) is 13.6 Å². The van der Waals surface area contributed by atoms with Gasteiger partial charge in [-0.05, 0) is 25.5 Å². The number of amides is 1. The normalized spacial score (nSPS) is 14.2. The zero-order valence-electron chi connectivity index (χ0n) is 12.3. The number of hydrogen-bond acceptors (Lipinski definition) is 4. The molecule has 0 spiro atoms. The molecule has 1 aromatic rings. The first-order valence-corrected chi connectivity index (χ1v) is 7.93. The van der Waals surface area contributed by atoms with Crippen molar-refractivity contribution in [1.82, 2.24) is 9.62 Å². The van der Waals surface area contributed by atoms with E-state index in [2.05, 4.69) is 5.32 Å². The summed E-state index contributed by atoms with van der Waals surface area (Å²) in [6, 6.07) is 9.88. The molecule has 0 heterocycles. The number of carbonyl (C=O) groups excluding carboxylic acids is 1. The molecule has 0 unspecified atom stereocenters. The Balaban J connectivity index is 2.80. The SMILES string of the molecule is CC[C@](C)(C#N)NC(=O)CN(C)S(=O)(=O)c1ccccc1. The van der Waals surface area contributed by atoms with E-state index >= 15 is 0 Å². The number of nitrogens with zero attached hydrogens (tertiary/aromatic N) is 2. The Morgan fingerprint density at radius 3 is 2.43 bits per heavy atom. The summed E-state index contributed by atoms with van der Waals surface area (Å²) < 4.78 is 25.5. The predicted molar refractivity (Wildman–Crippen MR) is 78.7 cm³/mol. The summed E-state index contributed by atoms with van der Waals surface area (Å²) in [5, 5.41) is 11.6. The van der Waals surface area contributed by atoms with Crippen LogP contribution in [-0.2, 0) is 14.8 Å². The summed E-state index contributed by atoms with van der Waals surface area (Å²) in [4.78, 5) is 12.0. The van der Waals surface area contributed by atoms with Crippen LogP contribution in [0.5, 0.6) is 0 Å². The minimum absolute atomic E-state index is 0.124. The fraction of sp³-hybridized carbons (Fsp3) is 0.429. The smallest absolute Gasteiger partial charge is 0.243 e. The van der Waals surface area contributed by atoms with Crippen molar-refractivity contribution in [3.63, 3.8) is 0 Å². The van der Waals surface area contributed by atoms with Gasteiger partial charge in [-0.15, -0.1) is 0 Å². The lowest BCUT2D eigenvalue weighted by atomic mass is 10.0. The van der Waals surface area contributed by atoms with Crippen LogP contribution in [0.2, 0.25) is 0 Å². The average molecular weight is 309 g/mol. The zero-order chi connectivity index (χ0) is 16.1. The first-order chi connectivity index (χ1) is 9.75. The Bertz CT molecular complexity index is 637. The molecule has 114 valence electrons. The molecule has 0 radical (unpaired) electrons. The molecule has 0 aliphatic carbocycles. The molecule has 1 rings (SSSR count). The molecule has 7 heteroatoms. The lowest BCUT2D eigenvalue weighted by molar-refractivity contribution is -0.122. The van der Waals surface area contributed by atoms with Crippen LogP contribution in [-0.4, -0.2) is 37.8 Å². The van der Waals surface area contributed by atoms with Gasteiger partial charge in [0, 0.05) is 7.05 Å². The molecule has 21 heavy (non-hydrogen) atoms. The maximum atomic E-state index is 12.3. The maximum Gasteiger partial charge on any atom is 0.243 e. The molecule has 0 aliphatic heterocycles. The van der Waals surface area contributed by atoms with E-state index in [1.165, 1.54) is 19.2 Å². The Labute approximate surface area is 125 Å². The van der Waals surface area contributed by atoms with E-state index < -0.39 is 21.5 Å². The van der Waals surface area contributed by atoms with Gasteiger partial charge in [0.1, 0.15) is 5.54 Å². The van der Waals surface area contributed by atoms with Gasteiger partial charge in [0.05, 0.1) is 17.5 Å². The molecule has 1 aromatic carbocycles. The Hall–Kier alpha value is -1.91. The van der Waals surface area contributed by atoms with Crippen molar-refractivity contribution in [1.29, 1.82) is 5.26 Å². The molecular formula is C14H19N3O3S. The van der Waals surface area contributed by atoms with Gasteiger partial charge in [-0.1, -0.05) is 25.1 Å². The van der Waals surface area contributed by atoms with E-state index in [1.54, 1.807) is 32.0 Å². The summed E-state index contributed by atoms with van der Waals surface area (Å²) in [7, 11) is -2.38. The molecule has 0 fully saturated rings. The monoisotopic (exact) mass is 309 g/mol. The molecule has 0 aromatic heterocycles. The summed E-state index contributed by atoms with van der Waals surface area (Å²) in [6.45, 7) is 3.03. The summed E-state index contributed by atoms with van der Waals surface area (Å²) in [5.41, 5.74) is -0.992. The van der Waals surface area contributed by atoms with Gasteiger partial charge in [0.2, 0.25) is 15.9 Å². The van der Waals surface area contributed by atoms with E-state index in [1.807, 2.05) is 6.07 Å². The van der Waals surface area contributed by atoms with Crippen molar-refractivity contribution in [2.24, 2.45) is 0 Å². The standard InChI is InChI=1S/C14H19N3O3S/c1-4-14(2,11-15)16-13(18)10-17(3)21(19,20)12-8-6-5-7-9-12/h5-9H,4,10H2,1-3H3,(H,16,18)/t14-/m1/s1. The van der Waals surface area contributed by atoms with Gasteiger partial charge in [0.25, 0.3) is 0 Å². The number of carbonyl (C=O) groups is 1. The van der Waals surface area contributed by atoms with Gasteiger partial charge < -0.3 is 5.32 Å². The van der Waals surface area contributed by atoms with Crippen molar-refractivity contribution in [3.8, 4) is 6.07 Å². The number of benzene rings is 1. The number of hydrogen-bond donors (Lipinski definition) is 1. The van der Waals surface area contributed by atoms with Gasteiger partial charge >= 0.3 is 0 Å². The highest BCUT2D eigenvalue weighted by molar-refractivity contribution is 7.89. The Morgan fingerprint density at radius 1 is 1.38 bits per heavy atom. The van der Waals surface area contributed by atoms with Crippen LogP contribution in [0.1, 0.15) is 20.3 Å². The average Bonchev–Trinajstić information content (AvgIpc) is 2.47. The van der Waals surface area contributed by atoms with Crippen molar-refractivity contribution < 1.29 is 13.2 Å². The van der Waals surface area contributed by atoms with Crippen molar-refractivity contribution in [2.45, 2.75) is 30.7 Å². The highest BCUT2D eigenvalue weighted by atomic mass is 32.2. The van der Waals surface area contributed by atoms with E-state index in [-0.39, 0.29) is 11.4 Å². The molecule has 0 bridgehead atoms. The quantitative estimate of drug-likeness (QED) is 0.852.